The Kier molecular flexibility index (Phi) is 5.24. The number of anilines is 2. The van der Waals surface area contributed by atoms with Gasteiger partial charge in [0.2, 0.25) is 5.91 Å². The molecule has 158 valence electrons. The summed E-state index contributed by atoms with van der Waals surface area (Å²) in [6, 6.07) is 10.6. The van der Waals surface area contributed by atoms with Crippen molar-refractivity contribution in [3.63, 3.8) is 0 Å². The average molecular weight is 455 g/mol. The van der Waals surface area contributed by atoms with E-state index in [4.69, 9.17) is 11.6 Å². The van der Waals surface area contributed by atoms with Crippen LogP contribution in [0.1, 0.15) is 18.4 Å². The Labute approximate surface area is 187 Å². The Hall–Kier alpha value is -2.77. The maximum Gasteiger partial charge on any atom is 0.227 e. The predicted molar refractivity (Wildman–Crippen MR) is 125 cm³/mol. The van der Waals surface area contributed by atoms with Crippen molar-refractivity contribution in [3.05, 3.63) is 59.1 Å². The summed E-state index contributed by atoms with van der Waals surface area (Å²) in [6.45, 7) is 3.31. The first-order chi connectivity index (χ1) is 15.0. The zero-order valence-electron chi connectivity index (χ0n) is 16.9. The second kappa shape index (κ2) is 8.05. The number of amides is 1. The third-order valence-electron chi connectivity index (χ3n) is 5.90. The molecule has 0 radical (unpaired) electrons. The zero-order valence-corrected chi connectivity index (χ0v) is 18.4. The molecule has 4 aromatic rings. The number of benzene rings is 2. The highest BCUT2D eigenvalue weighted by molar-refractivity contribution is 7.26. The highest BCUT2D eigenvalue weighted by Crippen LogP contribution is 2.39. The Morgan fingerprint density at radius 1 is 1.19 bits per heavy atom. The fourth-order valence-electron chi connectivity index (χ4n) is 4.12. The normalized spacial score (nSPS) is 15.0. The Bertz CT molecular complexity index is 1300. The molecular weight excluding hydrogens is 435 g/mol. The van der Waals surface area contributed by atoms with E-state index in [-0.39, 0.29) is 17.6 Å². The van der Waals surface area contributed by atoms with E-state index < -0.39 is 0 Å². The van der Waals surface area contributed by atoms with Crippen LogP contribution in [0.3, 0.4) is 0 Å². The Morgan fingerprint density at radius 2 is 1.97 bits per heavy atom. The van der Waals surface area contributed by atoms with Gasteiger partial charge in [0.25, 0.3) is 0 Å². The maximum absolute atomic E-state index is 14.4. The molecule has 0 aliphatic carbocycles. The first-order valence-electron chi connectivity index (χ1n) is 10.2. The number of aromatic nitrogens is 2. The molecule has 0 atom stereocenters. The maximum atomic E-state index is 14.4. The highest BCUT2D eigenvalue weighted by atomic mass is 35.5. The van der Waals surface area contributed by atoms with Gasteiger partial charge in [-0.05, 0) is 49.6 Å². The van der Waals surface area contributed by atoms with Gasteiger partial charge in [0.15, 0.2) is 0 Å². The summed E-state index contributed by atoms with van der Waals surface area (Å²) in [4.78, 5) is 23.8. The van der Waals surface area contributed by atoms with E-state index in [2.05, 4.69) is 20.2 Å². The molecular formula is C23H20ClFN4OS. The van der Waals surface area contributed by atoms with E-state index >= 15 is 0 Å². The summed E-state index contributed by atoms with van der Waals surface area (Å²) in [5.74, 6) is 0.490. The monoisotopic (exact) mass is 454 g/mol. The fourth-order valence-corrected chi connectivity index (χ4v) is 5.48. The first kappa shape index (κ1) is 20.2. The predicted octanol–water partition coefficient (Wildman–Crippen LogP) is 5.80. The van der Waals surface area contributed by atoms with Crippen molar-refractivity contribution in [2.24, 2.45) is 5.92 Å². The standard InChI is InChI=1S/C23H20ClFN4OS/c1-13-15(24)4-2-6-17(13)28-23(30)14-8-10-29(11-9-14)22-21-20(26-12-27-22)19-16(25)5-3-7-18(19)31-21/h2-7,12,14H,8-11H2,1H3,(H,28,30). The molecule has 2 aromatic carbocycles. The minimum atomic E-state index is -0.264. The fraction of sp³-hybridized carbons (Fsp3) is 0.261. The molecule has 5 rings (SSSR count). The molecule has 31 heavy (non-hydrogen) atoms. The van der Waals surface area contributed by atoms with Crippen molar-refractivity contribution in [2.75, 3.05) is 23.3 Å². The van der Waals surface area contributed by atoms with E-state index in [0.29, 0.717) is 29.0 Å². The molecule has 0 bridgehead atoms. The quantitative estimate of drug-likeness (QED) is 0.425. The summed E-state index contributed by atoms with van der Waals surface area (Å²) >= 11 is 7.67. The van der Waals surface area contributed by atoms with Crippen LogP contribution < -0.4 is 10.2 Å². The lowest BCUT2D eigenvalue weighted by Gasteiger charge is -2.32. The smallest absolute Gasteiger partial charge is 0.227 e. The van der Waals surface area contributed by atoms with E-state index in [1.165, 1.54) is 23.7 Å². The number of piperidine rings is 1. The van der Waals surface area contributed by atoms with Crippen molar-refractivity contribution in [1.82, 2.24) is 9.97 Å². The second-order valence-corrected chi connectivity index (χ2v) is 9.21. The summed E-state index contributed by atoms with van der Waals surface area (Å²) in [5.41, 5.74) is 2.28. The van der Waals surface area contributed by atoms with Crippen LogP contribution >= 0.6 is 22.9 Å². The number of carbonyl (C=O) groups excluding carboxylic acids is 1. The number of carbonyl (C=O) groups is 1. The molecule has 2 aromatic heterocycles. The topological polar surface area (TPSA) is 58.1 Å². The zero-order chi connectivity index (χ0) is 21.5. The SMILES string of the molecule is Cc1c(Cl)cccc1NC(=O)C1CCN(c2ncnc3c2sc2cccc(F)c23)CC1. The van der Waals surface area contributed by atoms with Gasteiger partial charge in [0.05, 0.1) is 15.6 Å². The van der Waals surface area contributed by atoms with Gasteiger partial charge in [-0.2, -0.15) is 0 Å². The summed E-state index contributed by atoms with van der Waals surface area (Å²) in [6.07, 6.45) is 2.93. The lowest BCUT2D eigenvalue weighted by atomic mass is 9.95. The second-order valence-electron chi connectivity index (χ2n) is 7.75. The minimum Gasteiger partial charge on any atom is -0.355 e. The molecule has 1 aliphatic heterocycles. The number of nitrogens with one attached hydrogen (secondary N) is 1. The molecule has 3 heterocycles. The first-order valence-corrected chi connectivity index (χ1v) is 11.3. The van der Waals surface area contributed by atoms with Crippen molar-refractivity contribution in [3.8, 4) is 0 Å². The van der Waals surface area contributed by atoms with Gasteiger partial charge < -0.3 is 10.2 Å². The van der Waals surface area contributed by atoms with Gasteiger partial charge in [-0.3, -0.25) is 4.79 Å². The van der Waals surface area contributed by atoms with Gasteiger partial charge >= 0.3 is 0 Å². The minimum absolute atomic E-state index is 0.0155. The van der Waals surface area contributed by atoms with Gasteiger partial charge in [-0.25, -0.2) is 14.4 Å². The molecule has 1 amide bonds. The number of thiophene rings is 1. The molecule has 5 nitrogen and oxygen atoms in total. The highest BCUT2D eigenvalue weighted by Gasteiger charge is 2.28. The van der Waals surface area contributed by atoms with Crippen LogP contribution in [-0.2, 0) is 4.79 Å². The summed E-state index contributed by atoms with van der Waals surface area (Å²) in [5, 5.41) is 4.21. The van der Waals surface area contributed by atoms with Crippen LogP contribution in [0.25, 0.3) is 20.3 Å². The molecule has 8 heteroatoms. The van der Waals surface area contributed by atoms with E-state index in [1.807, 2.05) is 31.2 Å². The van der Waals surface area contributed by atoms with Gasteiger partial charge in [0, 0.05) is 34.4 Å². The molecule has 1 aliphatic rings. The van der Waals surface area contributed by atoms with Crippen molar-refractivity contribution < 1.29 is 9.18 Å². The van der Waals surface area contributed by atoms with Crippen LogP contribution in [0.5, 0.6) is 0 Å². The molecule has 0 spiro atoms. The van der Waals surface area contributed by atoms with E-state index in [1.54, 1.807) is 6.07 Å². The molecule has 1 N–H and O–H groups in total. The molecule has 1 saturated heterocycles. The molecule has 0 saturated carbocycles. The number of fused-ring (bicyclic) bond motifs is 3. The average Bonchev–Trinajstić information content (AvgIpc) is 3.17. The molecule has 0 unspecified atom stereocenters. The Balaban J connectivity index is 1.34. The third-order valence-corrected chi connectivity index (χ3v) is 7.45. The third kappa shape index (κ3) is 3.62. The lowest BCUT2D eigenvalue weighted by molar-refractivity contribution is -0.120. The largest absolute Gasteiger partial charge is 0.355 e. The summed E-state index contributed by atoms with van der Waals surface area (Å²) in [7, 11) is 0. The van der Waals surface area contributed by atoms with Crippen LogP contribution in [0.4, 0.5) is 15.9 Å². The number of halogens is 2. The van der Waals surface area contributed by atoms with Gasteiger partial charge in [0.1, 0.15) is 18.0 Å². The van der Waals surface area contributed by atoms with Crippen molar-refractivity contribution >= 4 is 60.7 Å². The van der Waals surface area contributed by atoms with E-state index in [0.717, 1.165) is 39.3 Å². The van der Waals surface area contributed by atoms with E-state index in [9.17, 15) is 9.18 Å². The number of nitrogens with zero attached hydrogens (tertiary/aromatic N) is 3. The van der Waals surface area contributed by atoms with Crippen LogP contribution in [-0.4, -0.2) is 29.0 Å². The number of hydrogen-bond donors (Lipinski definition) is 1. The lowest BCUT2D eigenvalue weighted by Crippen LogP contribution is -2.38. The van der Waals surface area contributed by atoms with Crippen LogP contribution in [0.2, 0.25) is 5.02 Å². The Morgan fingerprint density at radius 3 is 2.77 bits per heavy atom. The van der Waals surface area contributed by atoms with Gasteiger partial charge in [-0.1, -0.05) is 23.7 Å². The molecule has 1 fully saturated rings. The summed E-state index contributed by atoms with van der Waals surface area (Å²) < 4.78 is 16.1. The van der Waals surface area contributed by atoms with Crippen LogP contribution in [0, 0.1) is 18.7 Å². The van der Waals surface area contributed by atoms with Crippen LogP contribution in [0.15, 0.2) is 42.7 Å². The number of hydrogen-bond acceptors (Lipinski definition) is 5. The van der Waals surface area contributed by atoms with Gasteiger partial charge in [-0.15, -0.1) is 11.3 Å². The van der Waals surface area contributed by atoms with Crippen molar-refractivity contribution in [2.45, 2.75) is 19.8 Å². The van der Waals surface area contributed by atoms with Crippen molar-refractivity contribution in [1.29, 1.82) is 0 Å². The number of rotatable bonds is 3.